The Kier molecular flexibility index (Phi) is 3.89. The van der Waals surface area contributed by atoms with E-state index in [-0.39, 0.29) is 5.95 Å². The van der Waals surface area contributed by atoms with E-state index < -0.39 is 0 Å². The van der Waals surface area contributed by atoms with Crippen molar-refractivity contribution < 1.29 is 0 Å². The predicted octanol–water partition coefficient (Wildman–Crippen LogP) is 4.09. The number of hydrogen-bond donors (Lipinski definition) is 1. The molecule has 0 spiro atoms. The van der Waals surface area contributed by atoms with Crippen LogP contribution in [0.1, 0.15) is 0 Å². The van der Waals surface area contributed by atoms with Crippen LogP contribution in [0.25, 0.3) is 33.5 Å². The summed E-state index contributed by atoms with van der Waals surface area (Å²) in [5, 5.41) is 9.76. The van der Waals surface area contributed by atoms with Crippen molar-refractivity contribution in [2.45, 2.75) is 0 Å². The Bertz CT molecular complexity index is 1110. The minimum Gasteiger partial charge on any atom is -0.366 e. The van der Waals surface area contributed by atoms with Crippen molar-refractivity contribution in [3.8, 4) is 22.6 Å². The fourth-order valence-corrected chi connectivity index (χ4v) is 3.31. The van der Waals surface area contributed by atoms with Crippen molar-refractivity contribution in [3.05, 3.63) is 52.2 Å². The molecule has 0 fully saturated rings. The smallest absolute Gasteiger partial charge is 0.240 e. The van der Waals surface area contributed by atoms with Crippen molar-refractivity contribution in [2.75, 3.05) is 5.73 Å². The minimum absolute atomic E-state index is 0.104. The van der Waals surface area contributed by atoms with Gasteiger partial charge in [-0.05, 0) is 46.3 Å². The maximum absolute atomic E-state index is 6.20. The van der Waals surface area contributed by atoms with Crippen molar-refractivity contribution >= 4 is 44.4 Å². The summed E-state index contributed by atoms with van der Waals surface area (Å²) in [5.41, 5.74) is 9.54. The van der Waals surface area contributed by atoms with E-state index in [0.717, 1.165) is 16.5 Å². The van der Waals surface area contributed by atoms with E-state index in [0.29, 0.717) is 26.7 Å². The van der Waals surface area contributed by atoms with Gasteiger partial charge in [0.15, 0.2) is 0 Å². The van der Waals surface area contributed by atoms with Crippen LogP contribution in [0.4, 0.5) is 5.95 Å². The number of pyridine rings is 1. The maximum atomic E-state index is 6.20. The summed E-state index contributed by atoms with van der Waals surface area (Å²) in [4.78, 5) is 8.90. The van der Waals surface area contributed by atoms with Crippen molar-refractivity contribution in [1.82, 2.24) is 24.7 Å². The number of aromatic nitrogens is 5. The third-order valence-corrected chi connectivity index (χ3v) is 4.54. The van der Waals surface area contributed by atoms with E-state index in [1.807, 2.05) is 54.2 Å². The highest BCUT2D eigenvalue weighted by Crippen LogP contribution is 2.35. The molecule has 124 valence electrons. The second kappa shape index (κ2) is 6.09. The first-order valence-electron chi connectivity index (χ1n) is 7.41. The Morgan fingerprint density at radius 1 is 1.08 bits per heavy atom. The molecule has 6 nitrogen and oxygen atoms in total. The summed E-state index contributed by atoms with van der Waals surface area (Å²) in [6.45, 7) is 0. The molecule has 0 aliphatic heterocycles. The van der Waals surface area contributed by atoms with Gasteiger partial charge in [0.2, 0.25) is 5.95 Å². The van der Waals surface area contributed by atoms with Crippen LogP contribution in [0.5, 0.6) is 0 Å². The Morgan fingerprint density at radius 2 is 1.92 bits per heavy atom. The largest absolute Gasteiger partial charge is 0.366 e. The lowest BCUT2D eigenvalue weighted by Crippen LogP contribution is -2.03. The lowest BCUT2D eigenvalue weighted by molar-refractivity contribution is 0.964. The standard InChI is InChI=1S/C17H12BrClN6/c1-25-8-11(10-7-9(19)5-6-13(10)25)15-16(23-24-17(20)22-15)12-3-2-4-14(18)21-12/h2-8H,1H3,(H2,20,22,24). The van der Waals surface area contributed by atoms with Crippen LogP contribution in [0.3, 0.4) is 0 Å². The summed E-state index contributed by atoms with van der Waals surface area (Å²) < 4.78 is 2.72. The zero-order valence-electron chi connectivity index (χ0n) is 13.1. The number of halogens is 2. The first kappa shape index (κ1) is 16.0. The second-order valence-electron chi connectivity index (χ2n) is 5.53. The zero-order chi connectivity index (χ0) is 17.6. The molecule has 0 radical (unpaired) electrons. The van der Waals surface area contributed by atoms with Gasteiger partial charge in [-0.25, -0.2) is 9.97 Å². The second-order valence-corrected chi connectivity index (χ2v) is 6.78. The van der Waals surface area contributed by atoms with Gasteiger partial charge < -0.3 is 10.3 Å². The predicted molar refractivity (Wildman–Crippen MR) is 102 cm³/mol. The Hall–Kier alpha value is -2.51. The summed E-state index contributed by atoms with van der Waals surface area (Å²) in [6.07, 6.45) is 1.98. The van der Waals surface area contributed by atoms with Crippen molar-refractivity contribution in [1.29, 1.82) is 0 Å². The number of rotatable bonds is 2. The Balaban J connectivity index is 2.03. The molecule has 4 aromatic rings. The van der Waals surface area contributed by atoms with E-state index in [1.165, 1.54) is 0 Å². The lowest BCUT2D eigenvalue weighted by Gasteiger charge is -2.07. The van der Waals surface area contributed by atoms with Gasteiger partial charge in [0.25, 0.3) is 0 Å². The monoisotopic (exact) mass is 414 g/mol. The average Bonchev–Trinajstić information content (AvgIpc) is 2.91. The SMILES string of the molecule is Cn1cc(-c2nc(N)nnc2-c2cccc(Br)n2)c2cc(Cl)ccc21. The topological polar surface area (TPSA) is 82.5 Å². The molecule has 3 aromatic heterocycles. The molecule has 0 aliphatic carbocycles. The van der Waals surface area contributed by atoms with E-state index in [2.05, 4.69) is 36.1 Å². The molecule has 1 aromatic carbocycles. The number of nitrogens with two attached hydrogens (primary N) is 1. The van der Waals surface area contributed by atoms with Crippen LogP contribution in [0.15, 0.2) is 47.2 Å². The van der Waals surface area contributed by atoms with E-state index in [1.54, 1.807) is 0 Å². The van der Waals surface area contributed by atoms with Gasteiger partial charge in [-0.1, -0.05) is 17.7 Å². The summed E-state index contributed by atoms with van der Waals surface area (Å²) in [7, 11) is 1.97. The average molecular weight is 416 g/mol. The number of fused-ring (bicyclic) bond motifs is 1. The van der Waals surface area contributed by atoms with Crippen LogP contribution < -0.4 is 5.73 Å². The fourth-order valence-electron chi connectivity index (χ4n) is 2.79. The van der Waals surface area contributed by atoms with Gasteiger partial charge >= 0.3 is 0 Å². The lowest BCUT2D eigenvalue weighted by atomic mass is 10.1. The maximum Gasteiger partial charge on any atom is 0.240 e. The Morgan fingerprint density at radius 3 is 2.72 bits per heavy atom. The molecule has 0 saturated heterocycles. The van der Waals surface area contributed by atoms with Crippen LogP contribution in [0, 0.1) is 0 Å². The molecule has 0 atom stereocenters. The van der Waals surface area contributed by atoms with Gasteiger partial charge in [0.05, 0.1) is 5.69 Å². The minimum atomic E-state index is 0.104. The summed E-state index contributed by atoms with van der Waals surface area (Å²) in [5.74, 6) is 0.104. The van der Waals surface area contributed by atoms with Crippen LogP contribution in [-0.4, -0.2) is 24.7 Å². The fraction of sp³-hybridized carbons (Fsp3) is 0.0588. The molecule has 0 amide bonds. The van der Waals surface area contributed by atoms with Gasteiger partial charge in [-0.3, -0.25) is 0 Å². The van der Waals surface area contributed by atoms with Gasteiger partial charge in [0.1, 0.15) is 16.0 Å². The first-order valence-corrected chi connectivity index (χ1v) is 8.58. The molecule has 0 aliphatic rings. The van der Waals surface area contributed by atoms with Gasteiger partial charge in [0, 0.05) is 34.7 Å². The van der Waals surface area contributed by atoms with Crippen LogP contribution in [0.2, 0.25) is 5.02 Å². The Labute approximate surface area is 156 Å². The normalized spacial score (nSPS) is 11.2. The number of hydrogen-bond acceptors (Lipinski definition) is 5. The number of nitrogen functional groups attached to an aromatic ring is 1. The summed E-state index contributed by atoms with van der Waals surface area (Å²) >= 11 is 9.58. The molecule has 25 heavy (non-hydrogen) atoms. The zero-order valence-corrected chi connectivity index (χ0v) is 15.5. The highest BCUT2D eigenvalue weighted by Gasteiger charge is 2.18. The number of nitrogens with zero attached hydrogens (tertiary/aromatic N) is 5. The molecule has 2 N–H and O–H groups in total. The van der Waals surface area contributed by atoms with Gasteiger partial charge in [-0.2, -0.15) is 0 Å². The molecule has 0 bridgehead atoms. The van der Waals surface area contributed by atoms with Crippen LogP contribution in [-0.2, 0) is 7.05 Å². The van der Waals surface area contributed by atoms with E-state index in [4.69, 9.17) is 17.3 Å². The highest BCUT2D eigenvalue weighted by molar-refractivity contribution is 9.10. The summed E-state index contributed by atoms with van der Waals surface area (Å²) in [6, 6.07) is 11.3. The number of anilines is 1. The van der Waals surface area contributed by atoms with Gasteiger partial charge in [-0.15, -0.1) is 10.2 Å². The number of aryl methyl sites for hydroxylation is 1. The van der Waals surface area contributed by atoms with E-state index in [9.17, 15) is 0 Å². The third kappa shape index (κ3) is 2.85. The number of benzene rings is 1. The third-order valence-electron chi connectivity index (χ3n) is 3.87. The molecule has 8 heteroatoms. The van der Waals surface area contributed by atoms with E-state index >= 15 is 0 Å². The molecule has 4 rings (SSSR count). The van der Waals surface area contributed by atoms with Crippen LogP contribution >= 0.6 is 27.5 Å². The molecule has 0 unspecified atom stereocenters. The highest BCUT2D eigenvalue weighted by atomic mass is 79.9. The molecular formula is C17H12BrClN6. The first-order chi connectivity index (χ1) is 12.0. The molecular weight excluding hydrogens is 404 g/mol. The molecule has 0 saturated carbocycles. The molecule has 3 heterocycles. The quantitative estimate of drug-likeness (QED) is 0.499. The van der Waals surface area contributed by atoms with Crippen molar-refractivity contribution in [3.63, 3.8) is 0 Å². The van der Waals surface area contributed by atoms with Crippen molar-refractivity contribution in [2.24, 2.45) is 7.05 Å².